The molecule has 0 aromatic heterocycles. The van der Waals surface area contributed by atoms with Gasteiger partial charge < -0.3 is 5.11 Å². The monoisotopic (exact) mass is 593 g/mol. The normalized spacial score (nSPS) is 13.8. The van der Waals surface area contributed by atoms with Gasteiger partial charge in [-0.1, -0.05) is 214 Å². The van der Waals surface area contributed by atoms with Crippen LogP contribution in [0.2, 0.25) is 0 Å². The Morgan fingerprint density at radius 3 is 0.905 bits per heavy atom. The lowest BCUT2D eigenvalue weighted by Gasteiger charge is -2.38. The van der Waals surface area contributed by atoms with E-state index in [1.54, 1.807) is 0 Å². The van der Waals surface area contributed by atoms with E-state index in [2.05, 4.69) is 27.7 Å². The van der Waals surface area contributed by atoms with Crippen LogP contribution in [0.4, 0.5) is 0 Å². The van der Waals surface area contributed by atoms with Gasteiger partial charge in [0, 0.05) is 0 Å². The number of unbranched alkanes of at least 4 members (excludes halogenated alkanes) is 25. The highest BCUT2D eigenvalue weighted by molar-refractivity contribution is 5.75. The van der Waals surface area contributed by atoms with Crippen LogP contribution >= 0.6 is 0 Å². The van der Waals surface area contributed by atoms with Crippen LogP contribution in [0.3, 0.4) is 0 Å². The topological polar surface area (TPSA) is 37.3 Å². The Hall–Kier alpha value is -0.530. The average molecular weight is 593 g/mol. The van der Waals surface area contributed by atoms with Gasteiger partial charge in [0.15, 0.2) is 0 Å². The predicted octanol–water partition coefficient (Wildman–Crippen LogP) is 14.6. The van der Waals surface area contributed by atoms with Crippen LogP contribution in [-0.2, 0) is 4.79 Å². The van der Waals surface area contributed by atoms with Crippen LogP contribution in [0.25, 0.3) is 0 Å². The molecule has 0 saturated heterocycles. The molecule has 42 heavy (non-hydrogen) atoms. The van der Waals surface area contributed by atoms with Crippen molar-refractivity contribution < 1.29 is 9.90 Å². The molecule has 0 fully saturated rings. The molecule has 0 aliphatic rings. The molecular formula is C40H80O2. The molecule has 0 aliphatic carbocycles. The summed E-state index contributed by atoms with van der Waals surface area (Å²) in [5.74, 6) is -0.0862. The zero-order chi connectivity index (χ0) is 31.0. The van der Waals surface area contributed by atoms with Gasteiger partial charge >= 0.3 is 5.97 Å². The number of carboxylic acid groups (broad SMARTS) is 1. The van der Waals surface area contributed by atoms with Crippen molar-refractivity contribution in [1.29, 1.82) is 0 Å². The fourth-order valence-corrected chi connectivity index (χ4v) is 7.29. The van der Waals surface area contributed by atoms with Gasteiger partial charge in [0.2, 0.25) is 0 Å². The highest BCUT2D eigenvalue weighted by Gasteiger charge is 2.43. The molecule has 1 N–H and O–H groups in total. The van der Waals surface area contributed by atoms with E-state index >= 15 is 0 Å². The maximum absolute atomic E-state index is 13.3. The van der Waals surface area contributed by atoms with Gasteiger partial charge in [-0.3, -0.25) is 4.79 Å². The van der Waals surface area contributed by atoms with Crippen LogP contribution in [0.1, 0.15) is 240 Å². The third-order valence-electron chi connectivity index (χ3n) is 10.2. The first-order chi connectivity index (χ1) is 20.6. The van der Waals surface area contributed by atoms with E-state index in [-0.39, 0.29) is 0 Å². The van der Waals surface area contributed by atoms with E-state index < -0.39 is 11.4 Å². The van der Waals surface area contributed by atoms with E-state index in [0.717, 1.165) is 38.5 Å². The molecule has 0 aliphatic heterocycles. The van der Waals surface area contributed by atoms with Gasteiger partial charge in [0.05, 0.1) is 5.41 Å². The first-order valence-corrected chi connectivity index (χ1v) is 19.8. The molecule has 0 aromatic rings. The third kappa shape index (κ3) is 22.9. The second kappa shape index (κ2) is 31.9. The molecule has 0 rings (SSSR count). The maximum atomic E-state index is 13.3. The van der Waals surface area contributed by atoms with E-state index in [1.807, 2.05) is 0 Å². The minimum atomic E-state index is -0.490. The SMILES string of the molecule is CCCCCCCCCCCCC(CCCCCCCC)(C(=O)O)C(CCCCCCCC)CCCCCCCCC. The van der Waals surface area contributed by atoms with Gasteiger partial charge in [0.1, 0.15) is 0 Å². The Morgan fingerprint density at radius 2 is 0.643 bits per heavy atom. The second-order valence-corrected chi connectivity index (χ2v) is 14.1. The van der Waals surface area contributed by atoms with Crippen LogP contribution in [0, 0.1) is 11.3 Å². The third-order valence-corrected chi connectivity index (χ3v) is 10.2. The first-order valence-electron chi connectivity index (χ1n) is 19.8. The molecule has 0 saturated carbocycles. The molecule has 2 unspecified atom stereocenters. The zero-order valence-electron chi connectivity index (χ0n) is 29.8. The molecule has 2 atom stereocenters. The van der Waals surface area contributed by atoms with Crippen molar-refractivity contribution in [2.24, 2.45) is 11.3 Å². The molecule has 0 spiro atoms. The van der Waals surface area contributed by atoms with Gasteiger partial charge in [0.25, 0.3) is 0 Å². The molecular weight excluding hydrogens is 512 g/mol. The number of rotatable bonds is 35. The summed E-state index contributed by atoms with van der Waals surface area (Å²) in [5, 5.41) is 11.0. The summed E-state index contributed by atoms with van der Waals surface area (Å²) in [4.78, 5) is 13.3. The minimum absolute atomic E-state index is 0.367. The van der Waals surface area contributed by atoms with Crippen molar-refractivity contribution in [2.45, 2.75) is 240 Å². The summed E-state index contributed by atoms with van der Waals surface area (Å²) in [6, 6.07) is 0. The summed E-state index contributed by atoms with van der Waals surface area (Å²) in [6.45, 7) is 9.14. The number of carboxylic acids is 1. The summed E-state index contributed by atoms with van der Waals surface area (Å²) in [5.41, 5.74) is -0.490. The van der Waals surface area contributed by atoms with Crippen molar-refractivity contribution in [2.75, 3.05) is 0 Å². The first kappa shape index (κ1) is 41.5. The molecule has 0 radical (unpaired) electrons. The lowest BCUT2D eigenvalue weighted by atomic mass is 9.65. The van der Waals surface area contributed by atoms with E-state index in [1.165, 1.54) is 173 Å². The van der Waals surface area contributed by atoms with Crippen LogP contribution < -0.4 is 0 Å². The molecule has 0 aromatic carbocycles. The lowest BCUT2D eigenvalue weighted by molar-refractivity contribution is -0.155. The molecule has 0 bridgehead atoms. The minimum Gasteiger partial charge on any atom is -0.481 e. The largest absolute Gasteiger partial charge is 0.481 e. The highest BCUT2D eigenvalue weighted by Crippen LogP contribution is 2.45. The maximum Gasteiger partial charge on any atom is 0.309 e. The fourth-order valence-electron chi connectivity index (χ4n) is 7.29. The Labute approximate surface area is 266 Å². The number of hydrogen-bond acceptors (Lipinski definition) is 1. The number of hydrogen-bond donors (Lipinski definition) is 1. The van der Waals surface area contributed by atoms with Gasteiger partial charge in [-0.05, 0) is 31.6 Å². The smallest absolute Gasteiger partial charge is 0.309 e. The highest BCUT2D eigenvalue weighted by atomic mass is 16.4. The second-order valence-electron chi connectivity index (χ2n) is 14.1. The molecule has 2 nitrogen and oxygen atoms in total. The van der Waals surface area contributed by atoms with E-state index in [9.17, 15) is 9.90 Å². The summed E-state index contributed by atoms with van der Waals surface area (Å²) >= 11 is 0. The standard InChI is InChI=1S/C40H80O2/c1-5-9-13-17-21-22-23-25-29-33-37-40(39(41)42,36-32-28-20-16-12-8-4)38(34-30-26-19-15-11-7-3)35-31-27-24-18-14-10-6-2/h38H,5-37H2,1-4H3,(H,41,42). The number of aliphatic carboxylic acids is 1. The van der Waals surface area contributed by atoms with E-state index in [4.69, 9.17) is 0 Å². The van der Waals surface area contributed by atoms with Crippen molar-refractivity contribution >= 4 is 5.97 Å². The average Bonchev–Trinajstić information content (AvgIpc) is 2.99. The van der Waals surface area contributed by atoms with Gasteiger partial charge in [-0.2, -0.15) is 0 Å². The fraction of sp³-hybridized carbons (Fsp3) is 0.975. The lowest BCUT2D eigenvalue weighted by Crippen LogP contribution is -2.39. The summed E-state index contributed by atoms with van der Waals surface area (Å²) in [6.07, 6.45) is 41.9. The zero-order valence-corrected chi connectivity index (χ0v) is 29.8. The van der Waals surface area contributed by atoms with E-state index in [0.29, 0.717) is 5.92 Å². The van der Waals surface area contributed by atoms with Crippen molar-refractivity contribution in [3.8, 4) is 0 Å². The predicted molar refractivity (Wildman–Crippen MR) is 189 cm³/mol. The molecule has 0 heterocycles. The molecule has 252 valence electrons. The van der Waals surface area contributed by atoms with Gasteiger partial charge in [-0.15, -0.1) is 0 Å². The van der Waals surface area contributed by atoms with Crippen molar-refractivity contribution in [3.63, 3.8) is 0 Å². The van der Waals surface area contributed by atoms with Crippen LogP contribution in [0.5, 0.6) is 0 Å². The molecule has 0 amide bonds. The number of carbonyl (C=O) groups is 1. The van der Waals surface area contributed by atoms with Crippen LogP contribution in [0.15, 0.2) is 0 Å². The quantitative estimate of drug-likeness (QED) is 0.0743. The molecule has 2 heteroatoms. The van der Waals surface area contributed by atoms with Crippen LogP contribution in [-0.4, -0.2) is 11.1 Å². The Balaban J connectivity index is 5.24. The van der Waals surface area contributed by atoms with Crippen molar-refractivity contribution in [3.05, 3.63) is 0 Å². The van der Waals surface area contributed by atoms with Crippen molar-refractivity contribution in [1.82, 2.24) is 0 Å². The van der Waals surface area contributed by atoms with Gasteiger partial charge in [-0.25, -0.2) is 0 Å². The Bertz CT molecular complexity index is 544. The summed E-state index contributed by atoms with van der Waals surface area (Å²) < 4.78 is 0. The summed E-state index contributed by atoms with van der Waals surface area (Å²) in [7, 11) is 0. The Kier molecular flexibility index (Phi) is 31.5. The Morgan fingerprint density at radius 1 is 0.405 bits per heavy atom.